The number of fused-ring (bicyclic) bond motifs is 16. The number of para-hydroxylation sites is 2. The number of aliphatic hydroxyl groups excluding tert-OH is 1. The third-order valence-electron chi connectivity index (χ3n) is 21.7. The standard InChI is InChI=1S/C38H41N5O7.C37H42N4O8.Ag.HNO3/c1-18-34(47-4)21-15-26-31-30-22(35(48-5)19(2)37(50-7)33(30)45)14-25(42(31)3)27(16-39)43(26)28(29(21)32(44)36(18)49-6)17-40-38(46)24-13-12-20-10-8-9-11-23(20)41-24;1-17-32(46-4)20-14-24-29-28-21(33(47-5)18(2)35(49-7)31(28)43)15-25(40(29)3)37(45)41(24)26(27(20)30(42)34(17)48-6)16-38-36(44)23-13-12-19-10-8-9-11-22(19)39-23;;2-1(3)4/h8-13,25-28,31,44-45H,14-15,17H2,1-7H3,(H,40,46);8-13,24-26,29,37,42-43,45H,14-16H2,1-7H3,(H,38,44);;(H,2,3,4)/t25-,26-,27-,28-,31-;24-,25-,26-,29-,37-;;/m00../s1. The summed E-state index contributed by atoms with van der Waals surface area (Å²) in [6.45, 7) is 7.42. The fraction of sp³-hybridized carbons (Fsp3) is 0.400. The van der Waals surface area contributed by atoms with Crippen LogP contribution in [0.1, 0.15) is 112 Å². The molecule has 0 saturated carbocycles. The number of likely N-dealkylation sites (N-methyl/N-ethyl adjacent to an activating group) is 2. The van der Waals surface area contributed by atoms with Crippen LogP contribution in [0.25, 0.3) is 21.8 Å². The number of hydrogen-bond donors (Lipinski definition) is 8. The van der Waals surface area contributed by atoms with Crippen molar-refractivity contribution in [3.63, 3.8) is 0 Å². The van der Waals surface area contributed by atoms with E-state index in [0.29, 0.717) is 116 Å². The summed E-state index contributed by atoms with van der Waals surface area (Å²) in [7, 11) is 16.3. The van der Waals surface area contributed by atoms with E-state index in [1.165, 1.54) is 28.4 Å². The van der Waals surface area contributed by atoms with Crippen LogP contribution in [0.15, 0.2) is 72.8 Å². The molecule has 29 heteroatoms. The van der Waals surface area contributed by atoms with Crippen LogP contribution in [0.3, 0.4) is 0 Å². The number of rotatable bonds is 14. The summed E-state index contributed by atoms with van der Waals surface area (Å²) < 4.78 is 46.5. The number of aromatic nitrogens is 2. The molecule has 10 atom stereocenters. The van der Waals surface area contributed by atoms with E-state index in [4.69, 9.17) is 53.2 Å². The minimum Gasteiger partial charge on any atom is -0.504 e. The molecule has 6 aliphatic rings. The molecular formula is C75H84AgN10O18. The van der Waals surface area contributed by atoms with Crippen molar-refractivity contribution in [3.05, 3.63) is 161 Å². The van der Waals surface area contributed by atoms with Crippen molar-refractivity contribution in [3.8, 4) is 75.1 Å². The largest absolute Gasteiger partial charge is 0.504 e. The van der Waals surface area contributed by atoms with Crippen molar-refractivity contribution >= 4 is 33.6 Å². The van der Waals surface area contributed by atoms with Crippen molar-refractivity contribution in [2.75, 3.05) is 84.1 Å². The second-order valence-electron chi connectivity index (χ2n) is 26.4. The Kier molecular flexibility index (Phi) is 21.6. The number of carbonyl (C=O) groups excluding carboxylic acids is 2. The SMILES string of the molecule is COc1c(C)c(OC)c2c(c1O)[C@@H]1[C@@H]3Cc4c(OC)c(C)c(OC)c(O)c4[C@H](CNC(=O)c4ccc5ccccc5n4)N3[C@@H](C#N)[C@H](C2)N1C.COc1c(C)c(OC)c2c(c1O)[C@@H]1[C@@H]3Cc4c(OC)c(C)c(OC)c(O)c4[C@H](CNC(=O)c4ccc5ccccc5n4)N3[C@@H](O)[C@H](C2)N1C.O=[N+]([O-])O.[Ag]. The first-order valence-corrected chi connectivity index (χ1v) is 33.4. The molecular weight excluding hydrogens is 1440 g/mol. The number of aromatic hydroxyl groups is 4. The number of nitrogens with one attached hydrogen (secondary N) is 2. The summed E-state index contributed by atoms with van der Waals surface area (Å²) in [5.41, 5.74) is 10.0. The molecule has 0 unspecified atom stereocenters. The molecule has 14 rings (SSSR count). The Labute approximate surface area is 615 Å². The fourth-order valence-electron chi connectivity index (χ4n) is 17.6. The Bertz CT molecular complexity index is 4760. The van der Waals surface area contributed by atoms with Gasteiger partial charge in [0.15, 0.2) is 46.0 Å². The number of nitrogens with zero attached hydrogens (tertiary/aromatic N) is 8. The Morgan fingerprint density at radius 3 is 1.18 bits per heavy atom. The third-order valence-corrected chi connectivity index (χ3v) is 21.7. The van der Waals surface area contributed by atoms with Gasteiger partial charge in [0, 0.05) is 131 Å². The molecule has 104 heavy (non-hydrogen) atoms. The van der Waals surface area contributed by atoms with Gasteiger partial charge < -0.3 is 79.3 Å². The van der Waals surface area contributed by atoms with E-state index in [9.17, 15) is 40.4 Å². The molecule has 0 spiro atoms. The van der Waals surface area contributed by atoms with Gasteiger partial charge >= 0.3 is 0 Å². The number of carbonyl (C=O) groups is 2. The van der Waals surface area contributed by atoms with E-state index >= 15 is 0 Å². The summed E-state index contributed by atoms with van der Waals surface area (Å²) in [6.07, 6.45) is 0.493. The van der Waals surface area contributed by atoms with E-state index in [1.54, 1.807) is 40.6 Å². The van der Waals surface area contributed by atoms with Gasteiger partial charge in [0.1, 0.15) is 46.7 Å². The first-order valence-electron chi connectivity index (χ1n) is 33.4. The molecule has 2 saturated heterocycles. The predicted octanol–water partition coefficient (Wildman–Crippen LogP) is 8.07. The second-order valence-corrected chi connectivity index (χ2v) is 26.4. The number of aliphatic hydroxyl groups is 1. The number of benzene rings is 6. The number of nitriles is 1. The zero-order valence-corrected chi connectivity index (χ0v) is 61.4. The van der Waals surface area contributed by atoms with Crippen LogP contribution in [-0.2, 0) is 48.1 Å². The number of ether oxygens (including phenoxy) is 8. The maximum atomic E-state index is 13.7. The molecule has 28 nitrogen and oxygen atoms in total. The molecule has 2 amide bonds. The summed E-state index contributed by atoms with van der Waals surface area (Å²) in [4.78, 5) is 53.2. The molecule has 4 bridgehead atoms. The van der Waals surface area contributed by atoms with E-state index in [0.717, 1.165) is 33.0 Å². The van der Waals surface area contributed by atoms with Gasteiger partial charge in [-0.15, -0.1) is 10.1 Å². The van der Waals surface area contributed by atoms with E-state index < -0.39 is 65.6 Å². The van der Waals surface area contributed by atoms with Crippen LogP contribution in [0.4, 0.5) is 0 Å². The molecule has 2 fully saturated rings. The number of hydrogen-bond acceptors (Lipinski definition) is 24. The van der Waals surface area contributed by atoms with E-state index in [1.807, 2.05) is 107 Å². The molecule has 1 radical (unpaired) electrons. The van der Waals surface area contributed by atoms with Crippen molar-refractivity contribution < 1.29 is 106 Å². The molecule has 6 aliphatic heterocycles. The Morgan fingerprint density at radius 1 is 0.510 bits per heavy atom. The Hall–Kier alpha value is -10.1. The number of methoxy groups -OCH3 is 8. The van der Waals surface area contributed by atoms with Crippen molar-refractivity contribution in [1.29, 1.82) is 5.26 Å². The van der Waals surface area contributed by atoms with Gasteiger partial charge in [-0.05, 0) is 91.7 Å². The molecule has 6 aromatic carbocycles. The average molecular weight is 1520 g/mol. The molecule has 8 N–H and O–H groups in total. The van der Waals surface area contributed by atoms with Crippen molar-refractivity contribution in [1.82, 2.24) is 40.2 Å². The first kappa shape index (κ1) is 75.1. The predicted molar refractivity (Wildman–Crippen MR) is 376 cm³/mol. The van der Waals surface area contributed by atoms with Gasteiger partial charge in [-0.1, -0.05) is 48.5 Å². The number of amides is 2. The summed E-state index contributed by atoms with van der Waals surface area (Å²) in [6, 6.07) is 20.3. The maximum Gasteiger partial charge on any atom is 0.291 e. The minimum absolute atomic E-state index is 0. The number of phenolic OH excluding ortho intramolecular Hbond substituents is 4. The number of phenols is 4. The van der Waals surface area contributed by atoms with Crippen LogP contribution in [0.2, 0.25) is 0 Å². The van der Waals surface area contributed by atoms with E-state index in [2.05, 4.69) is 41.4 Å². The maximum absolute atomic E-state index is 13.7. The molecule has 553 valence electrons. The average Bonchev–Trinajstić information content (AvgIpc) is 0.696. The molecule has 8 aromatic rings. The first-order chi connectivity index (χ1) is 49.4. The quantitative estimate of drug-likeness (QED) is 0.0290. The van der Waals surface area contributed by atoms with Gasteiger partial charge in [0.2, 0.25) is 0 Å². The van der Waals surface area contributed by atoms with Crippen molar-refractivity contribution in [2.24, 2.45) is 0 Å². The summed E-state index contributed by atoms with van der Waals surface area (Å²) in [5, 5.41) is 92.1. The van der Waals surface area contributed by atoms with Gasteiger partial charge in [0.05, 0.1) is 104 Å². The normalized spacial score (nSPS) is 21.8. The smallest absolute Gasteiger partial charge is 0.291 e. The topological polar surface area (TPSA) is 359 Å². The summed E-state index contributed by atoms with van der Waals surface area (Å²) in [5.74, 6) is 2.69. The Balaban J connectivity index is 0.000000196. The van der Waals surface area contributed by atoms with Gasteiger partial charge in [-0.3, -0.25) is 29.2 Å². The zero-order valence-electron chi connectivity index (χ0n) is 59.9. The molecule has 2 aromatic heterocycles. The van der Waals surface area contributed by atoms with Crippen LogP contribution in [0, 0.1) is 49.1 Å². The summed E-state index contributed by atoms with van der Waals surface area (Å²) >= 11 is 0. The van der Waals surface area contributed by atoms with Crippen LogP contribution < -0.4 is 48.5 Å². The fourth-order valence-corrected chi connectivity index (χ4v) is 17.6. The van der Waals surface area contributed by atoms with Crippen molar-refractivity contribution in [2.45, 2.75) is 114 Å². The van der Waals surface area contributed by atoms with Crippen LogP contribution in [0.5, 0.6) is 69.0 Å². The van der Waals surface area contributed by atoms with Crippen LogP contribution >= 0.6 is 0 Å². The van der Waals surface area contributed by atoms with Gasteiger partial charge in [-0.2, -0.15) is 5.26 Å². The number of pyridine rings is 2. The minimum atomic E-state index is -1.50. The molecule has 8 heterocycles. The van der Waals surface area contributed by atoms with E-state index in [-0.39, 0.29) is 93.3 Å². The monoisotopic (exact) mass is 1520 g/mol. The second kappa shape index (κ2) is 29.9. The zero-order chi connectivity index (χ0) is 74.1. The third kappa shape index (κ3) is 12.2. The molecule has 0 aliphatic carbocycles. The number of piperazine rings is 2. The Morgan fingerprint density at radius 2 is 0.817 bits per heavy atom. The van der Waals surface area contributed by atoms with Gasteiger partial charge in [-0.25, -0.2) is 9.97 Å². The van der Waals surface area contributed by atoms with Crippen LogP contribution in [-0.4, -0.2) is 198 Å². The van der Waals surface area contributed by atoms with Gasteiger partial charge in [0.25, 0.3) is 16.9 Å².